The fourth-order valence-electron chi connectivity index (χ4n) is 3.89. The van der Waals surface area contributed by atoms with E-state index >= 15 is 0 Å². The molecule has 3 rings (SSSR count). The molecular weight excluding hydrogens is 459 g/mol. The first-order valence-corrected chi connectivity index (χ1v) is 11.0. The van der Waals surface area contributed by atoms with Crippen LogP contribution in [0.5, 0.6) is 0 Å². The monoisotopic (exact) mass is 483 g/mol. The molecule has 0 spiro atoms. The number of alkyl halides is 3. The molecule has 0 saturated carbocycles. The minimum atomic E-state index is -5.31. The summed E-state index contributed by atoms with van der Waals surface area (Å²) in [5.74, 6) is -3.19. The smallest absolute Gasteiger partial charge is 0.441 e. The fraction of sp³-hybridized carbons (Fsp3) is 0.500. The van der Waals surface area contributed by atoms with Crippen molar-refractivity contribution in [3.8, 4) is 6.07 Å². The van der Waals surface area contributed by atoms with Crippen molar-refractivity contribution in [2.45, 2.75) is 51.9 Å². The lowest BCUT2D eigenvalue weighted by atomic mass is 9.72. The van der Waals surface area contributed by atoms with E-state index in [1.807, 2.05) is 6.07 Å². The van der Waals surface area contributed by atoms with Crippen LogP contribution in [0.4, 0.5) is 18.2 Å². The number of carbonyl (C=O) groups excluding carboxylic acids is 2. The standard InChI is InChI=1S/C22H24F3N3O4S/c1-20(2,3)12-7-8-13-14(11-26)18(33-16(13)10-12)28-21(19(30)31-4,22(23,24)25)27-17(29)15-6-5-9-32-15/h5-6,9,12,28H,7-8,10H2,1-4H3,(H,27,29)/t12-,21+/m1/s1. The third-order valence-corrected chi connectivity index (χ3v) is 7.04. The Balaban J connectivity index is 2.07. The van der Waals surface area contributed by atoms with Gasteiger partial charge in [-0.05, 0) is 48.3 Å². The number of nitriles is 1. The summed E-state index contributed by atoms with van der Waals surface area (Å²) in [5, 5.41) is 13.4. The number of rotatable bonds is 5. The van der Waals surface area contributed by atoms with Gasteiger partial charge in [0.2, 0.25) is 0 Å². The van der Waals surface area contributed by atoms with Crippen LogP contribution in [-0.2, 0) is 22.4 Å². The highest BCUT2D eigenvalue weighted by atomic mass is 32.1. The van der Waals surface area contributed by atoms with Crippen molar-refractivity contribution in [2.24, 2.45) is 11.3 Å². The number of nitrogens with one attached hydrogen (secondary N) is 2. The van der Waals surface area contributed by atoms with E-state index in [0.717, 1.165) is 42.1 Å². The van der Waals surface area contributed by atoms with Crippen LogP contribution in [0.1, 0.15) is 53.8 Å². The molecule has 1 amide bonds. The van der Waals surface area contributed by atoms with Gasteiger partial charge in [-0.2, -0.15) is 18.4 Å². The van der Waals surface area contributed by atoms with Crippen LogP contribution in [0.2, 0.25) is 0 Å². The van der Waals surface area contributed by atoms with Gasteiger partial charge in [0.15, 0.2) is 5.76 Å². The van der Waals surface area contributed by atoms with Gasteiger partial charge >= 0.3 is 17.8 Å². The van der Waals surface area contributed by atoms with Gasteiger partial charge in [0.1, 0.15) is 11.1 Å². The number of carbonyl (C=O) groups is 2. The van der Waals surface area contributed by atoms with Crippen molar-refractivity contribution in [1.82, 2.24) is 5.32 Å². The average molecular weight is 484 g/mol. The van der Waals surface area contributed by atoms with Crippen molar-refractivity contribution in [2.75, 3.05) is 12.4 Å². The van der Waals surface area contributed by atoms with Crippen molar-refractivity contribution in [3.63, 3.8) is 0 Å². The average Bonchev–Trinajstić information content (AvgIpc) is 3.38. The zero-order chi connectivity index (χ0) is 24.6. The Bertz CT molecular complexity index is 1080. The molecule has 1 aliphatic carbocycles. The zero-order valence-corrected chi connectivity index (χ0v) is 19.4. The predicted molar refractivity (Wildman–Crippen MR) is 115 cm³/mol. The summed E-state index contributed by atoms with van der Waals surface area (Å²) in [6, 6.07) is 4.45. The number of furan rings is 1. The molecule has 0 fully saturated rings. The van der Waals surface area contributed by atoms with Gasteiger partial charge in [0, 0.05) is 4.88 Å². The maximum absolute atomic E-state index is 14.4. The molecule has 2 aromatic rings. The van der Waals surface area contributed by atoms with Crippen molar-refractivity contribution in [3.05, 3.63) is 40.2 Å². The van der Waals surface area contributed by atoms with Crippen LogP contribution in [0.15, 0.2) is 22.8 Å². The number of amides is 1. The molecule has 0 saturated heterocycles. The van der Waals surface area contributed by atoms with E-state index in [9.17, 15) is 28.0 Å². The van der Waals surface area contributed by atoms with Gasteiger partial charge in [-0.3, -0.25) is 4.79 Å². The van der Waals surface area contributed by atoms with Crippen LogP contribution < -0.4 is 10.6 Å². The fourth-order valence-corrected chi connectivity index (χ4v) is 5.22. The number of thiophene rings is 1. The molecule has 11 heteroatoms. The number of nitrogens with zero attached hydrogens (tertiary/aromatic N) is 1. The summed E-state index contributed by atoms with van der Waals surface area (Å²) in [5.41, 5.74) is -2.94. The number of hydrogen-bond acceptors (Lipinski definition) is 7. The molecular formula is C22H24F3N3O4S. The van der Waals surface area contributed by atoms with Gasteiger partial charge < -0.3 is 19.8 Å². The van der Waals surface area contributed by atoms with Gasteiger partial charge in [0.25, 0.3) is 5.91 Å². The molecule has 178 valence electrons. The van der Waals surface area contributed by atoms with Crippen LogP contribution in [0.25, 0.3) is 0 Å². The Morgan fingerprint density at radius 1 is 1.30 bits per heavy atom. The third-order valence-electron chi connectivity index (χ3n) is 5.87. The molecule has 2 N–H and O–H groups in total. The SMILES string of the molecule is COC(=O)[C@](NC(=O)c1ccco1)(Nc1sc2c(c1C#N)CC[C@@H](C(C)(C)C)C2)C(F)(F)F. The van der Waals surface area contributed by atoms with E-state index in [-0.39, 0.29) is 21.9 Å². The van der Waals surface area contributed by atoms with E-state index in [1.54, 1.807) is 5.32 Å². The lowest BCUT2D eigenvalue weighted by Gasteiger charge is -2.34. The minimum Gasteiger partial charge on any atom is -0.466 e. The molecule has 0 aliphatic heterocycles. The molecule has 0 radical (unpaired) electrons. The second-order valence-electron chi connectivity index (χ2n) is 8.92. The number of ether oxygens (including phenoxy) is 1. The number of methoxy groups -OCH3 is 1. The molecule has 1 aliphatic rings. The number of fused-ring (bicyclic) bond motifs is 1. The molecule has 2 aromatic heterocycles. The summed E-state index contributed by atoms with van der Waals surface area (Å²) in [4.78, 5) is 25.7. The number of hydrogen-bond donors (Lipinski definition) is 2. The van der Waals surface area contributed by atoms with E-state index in [1.165, 1.54) is 6.07 Å². The number of halogens is 3. The van der Waals surface area contributed by atoms with E-state index in [4.69, 9.17) is 4.42 Å². The van der Waals surface area contributed by atoms with Gasteiger partial charge in [-0.15, -0.1) is 11.3 Å². The summed E-state index contributed by atoms with van der Waals surface area (Å²) < 4.78 is 52.3. The zero-order valence-electron chi connectivity index (χ0n) is 18.6. The highest BCUT2D eigenvalue weighted by molar-refractivity contribution is 7.16. The maximum atomic E-state index is 14.4. The molecule has 33 heavy (non-hydrogen) atoms. The quantitative estimate of drug-likeness (QED) is 0.474. The Morgan fingerprint density at radius 2 is 2.00 bits per heavy atom. The lowest BCUT2D eigenvalue weighted by molar-refractivity contribution is -0.203. The van der Waals surface area contributed by atoms with Gasteiger partial charge in [-0.25, -0.2) is 4.79 Å². The van der Waals surface area contributed by atoms with Crippen LogP contribution in [0.3, 0.4) is 0 Å². The van der Waals surface area contributed by atoms with Gasteiger partial charge in [-0.1, -0.05) is 20.8 Å². The van der Waals surface area contributed by atoms with Gasteiger partial charge in [0.05, 0.1) is 18.9 Å². The third kappa shape index (κ3) is 4.57. The van der Waals surface area contributed by atoms with E-state index < -0.39 is 29.5 Å². The van der Waals surface area contributed by atoms with E-state index in [0.29, 0.717) is 18.4 Å². The first-order chi connectivity index (χ1) is 15.3. The van der Waals surface area contributed by atoms with Crippen LogP contribution >= 0.6 is 11.3 Å². The molecule has 2 heterocycles. The second kappa shape index (κ2) is 8.74. The molecule has 7 nitrogen and oxygen atoms in total. The first-order valence-electron chi connectivity index (χ1n) is 10.2. The van der Waals surface area contributed by atoms with Crippen molar-refractivity contribution < 1.29 is 31.9 Å². The van der Waals surface area contributed by atoms with Crippen LogP contribution in [-0.4, -0.2) is 30.8 Å². The molecule has 2 atom stereocenters. The number of esters is 1. The summed E-state index contributed by atoms with van der Waals surface area (Å²) >= 11 is 0.986. The first kappa shape index (κ1) is 24.6. The molecule has 0 unspecified atom stereocenters. The summed E-state index contributed by atoms with van der Waals surface area (Å²) in [6.45, 7) is 6.28. The normalized spacial score (nSPS) is 17.9. The lowest BCUT2D eigenvalue weighted by Crippen LogP contribution is -2.69. The van der Waals surface area contributed by atoms with Crippen LogP contribution in [0, 0.1) is 22.7 Å². The van der Waals surface area contributed by atoms with E-state index in [2.05, 4.69) is 30.8 Å². The Hall–Kier alpha value is -3.00. The Morgan fingerprint density at radius 3 is 2.52 bits per heavy atom. The number of anilines is 1. The summed E-state index contributed by atoms with van der Waals surface area (Å²) in [7, 11) is 0.780. The topological polar surface area (TPSA) is 104 Å². The van der Waals surface area contributed by atoms with Crippen molar-refractivity contribution >= 4 is 28.2 Å². The summed E-state index contributed by atoms with van der Waals surface area (Å²) in [6.07, 6.45) is -2.27. The highest BCUT2D eigenvalue weighted by Gasteiger charge is 2.64. The predicted octanol–water partition coefficient (Wildman–Crippen LogP) is 4.64. The molecule has 0 bridgehead atoms. The molecule has 0 aromatic carbocycles. The second-order valence-corrected chi connectivity index (χ2v) is 10.0. The highest BCUT2D eigenvalue weighted by Crippen LogP contribution is 2.45. The Labute approximate surface area is 192 Å². The largest absolute Gasteiger partial charge is 0.466 e. The van der Waals surface area contributed by atoms with Crippen molar-refractivity contribution in [1.29, 1.82) is 5.26 Å². The maximum Gasteiger partial charge on any atom is 0.441 e. The Kier molecular flexibility index (Phi) is 6.53. The minimum absolute atomic E-state index is 0.0131.